The van der Waals surface area contributed by atoms with Gasteiger partial charge >= 0.3 is 0 Å². The van der Waals surface area contributed by atoms with Crippen molar-refractivity contribution in [2.45, 2.75) is 39.2 Å². The molecule has 2 aromatic carbocycles. The average molecular weight is 417 g/mol. The maximum Gasteiger partial charge on any atom is 0.257 e. The molecule has 1 aliphatic carbocycles. The Labute approximate surface area is 180 Å². The van der Waals surface area contributed by atoms with Crippen molar-refractivity contribution in [3.8, 4) is 11.3 Å². The van der Waals surface area contributed by atoms with E-state index in [1.807, 2.05) is 38.1 Å². The van der Waals surface area contributed by atoms with Gasteiger partial charge in [-0.15, -0.1) is 0 Å². The number of aryl methyl sites for hydroxylation is 1. The minimum Gasteiger partial charge on any atom is -0.349 e. The summed E-state index contributed by atoms with van der Waals surface area (Å²) >= 11 is 0. The maximum absolute atomic E-state index is 14.7. The molecule has 1 aliphatic rings. The van der Waals surface area contributed by atoms with Crippen LogP contribution in [0.3, 0.4) is 0 Å². The van der Waals surface area contributed by atoms with Gasteiger partial charge in [0.2, 0.25) is 0 Å². The van der Waals surface area contributed by atoms with Crippen LogP contribution in [0.1, 0.15) is 51.6 Å². The fraction of sp³-hybridized carbons (Fsp3) is 0.240. The summed E-state index contributed by atoms with van der Waals surface area (Å²) in [6, 6.07) is 14.0. The molecule has 1 saturated carbocycles. The highest BCUT2D eigenvalue weighted by atomic mass is 19.1. The van der Waals surface area contributed by atoms with Crippen LogP contribution in [-0.2, 0) is 6.42 Å². The molecule has 1 fully saturated rings. The second-order valence-corrected chi connectivity index (χ2v) is 7.84. The van der Waals surface area contributed by atoms with Crippen molar-refractivity contribution in [3.05, 3.63) is 82.8 Å². The van der Waals surface area contributed by atoms with E-state index >= 15 is 0 Å². The zero-order valence-corrected chi connectivity index (χ0v) is 17.5. The molecule has 0 bridgehead atoms. The number of hydrogen-bond acceptors (Lipinski definition) is 3. The standard InChI is InChI=1S/C25H24FN3O2/c1-3-20-21(12-17(13-22(20)26)25(31)29-19-9-10-19)23-11-6-16(14-27-23)24(30)28-18-7-4-15(2)5-8-18/h4-8,11-14,19H,3,9-10H2,1-2H3,(H,28,30)(H,29,31). The first kappa shape index (κ1) is 20.7. The van der Waals surface area contributed by atoms with E-state index in [4.69, 9.17) is 0 Å². The number of carbonyl (C=O) groups excluding carboxylic acids is 2. The van der Waals surface area contributed by atoms with E-state index in [0.717, 1.165) is 18.4 Å². The van der Waals surface area contributed by atoms with Gasteiger partial charge < -0.3 is 10.6 Å². The van der Waals surface area contributed by atoms with Crippen LogP contribution in [0.25, 0.3) is 11.3 Å². The molecule has 5 nitrogen and oxygen atoms in total. The van der Waals surface area contributed by atoms with Crippen molar-refractivity contribution in [2.75, 3.05) is 5.32 Å². The third-order valence-electron chi connectivity index (χ3n) is 5.33. The van der Waals surface area contributed by atoms with Gasteiger partial charge in [0.25, 0.3) is 11.8 Å². The molecule has 2 N–H and O–H groups in total. The lowest BCUT2D eigenvalue weighted by Gasteiger charge is -2.12. The number of halogens is 1. The monoisotopic (exact) mass is 417 g/mol. The predicted octanol–water partition coefficient (Wildman–Crippen LogP) is 4.90. The van der Waals surface area contributed by atoms with Crippen molar-refractivity contribution < 1.29 is 14.0 Å². The summed E-state index contributed by atoms with van der Waals surface area (Å²) in [5.41, 5.74) is 4.05. The third-order valence-corrected chi connectivity index (χ3v) is 5.33. The van der Waals surface area contributed by atoms with Gasteiger partial charge in [0.05, 0.1) is 11.3 Å². The van der Waals surface area contributed by atoms with Crippen molar-refractivity contribution in [3.63, 3.8) is 0 Å². The molecule has 1 heterocycles. The summed E-state index contributed by atoms with van der Waals surface area (Å²) in [6.45, 7) is 3.83. The van der Waals surface area contributed by atoms with Gasteiger partial charge in [-0.2, -0.15) is 0 Å². The Hall–Kier alpha value is -3.54. The van der Waals surface area contributed by atoms with Crippen LogP contribution in [0.15, 0.2) is 54.7 Å². The molecule has 158 valence electrons. The number of pyridine rings is 1. The molecule has 0 saturated heterocycles. The van der Waals surface area contributed by atoms with Gasteiger partial charge in [0.1, 0.15) is 5.82 Å². The fourth-order valence-corrected chi connectivity index (χ4v) is 3.38. The van der Waals surface area contributed by atoms with E-state index in [2.05, 4.69) is 15.6 Å². The van der Waals surface area contributed by atoms with Crippen LogP contribution in [0.2, 0.25) is 0 Å². The SMILES string of the molecule is CCc1c(F)cc(C(=O)NC2CC2)cc1-c1ccc(C(=O)Nc2ccc(C)cc2)cn1. The van der Waals surface area contributed by atoms with E-state index in [9.17, 15) is 14.0 Å². The number of amides is 2. The molecule has 0 radical (unpaired) electrons. The minimum atomic E-state index is -0.427. The fourth-order valence-electron chi connectivity index (χ4n) is 3.38. The van der Waals surface area contributed by atoms with E-state index in [0.29, 0.717) is 34.5 Å². The van der Waals surface area contributed by atoms with Crippen LogP contribution < -0.4 is 10.6 Å². The zero-order valence-electron chi connectivity index (χ0n) is 17.5. The second-order valence-electron chi connectivity index (χ2n) is 7.84. The normalized spacial score (nSPS) is 13.0. The second kappa shape index (κ2) is 8.68. The molecule has 1 aromatic heterocycles. The van der Waals surface area contributed by atoms with Crippen molar-refractivity contribution in [1.82, 2.24) is 10.3 Å². The lowest BCUT2D eigenvalue weighted by molar-refractivity contribution is 0.0949. The summed E-state index contributed by atoms with van der Waals surface area (Å²) < 4.78 is 14.7. The quantitative estimate of drug-likeness (QED) is 0.599. The first-order valence-electron chi connectivity index (χ1n) is 10.4. The van der Waals surface area contributed by atoms with E-state index in [1.54, 1.807) is 18.2 Å². The summed E-state index contributed by atoms with van der Waals surface area (Å²) in [6.07, 6.45) is 3.85. The summed E-state index contributed by atoms with van der Waals surface area (Å²) in [7, 11) is 0. The summed E-state index contributed by atoms with van der Waals surface area (Å²) in [5, 5.41) is 5.72. The smallest absolute Gasteiger partial charge is 0.257 e. The van der Waals surface area contributed by atoms with E-state index in [-0.39, 0.29) is 23.4 Å². The predicted molar refractivity (Wildman–Crippen MR) is 119 cm³/mol. The van der Waals surface area contributed by atoms with E-state index < -0.39 is 5.82 Å². The summed E-state index contributed by atoms with van der Waals surface area (Å²) in [5.74, 6) is -0.981. The van der Waals surface area contributed by atoms with Gasteiger partial charge in [-0.25, -0.2) is 4.39 Å². The molecule has 31 heavy (non-hydrogen) atoms. The Kier molecular flexibility index (Phi) is 5.80. The number of hydrogen-bond donors (Lipinski definition) is 2. The van der Waals surface area contributed by atoms with E-state index in [1.165, 1.54) is 12.3 Å². The number of nitrogens with zero attached hydrogens (tertiary/aromatic N) is 1. The highest BCUT2D eigenvalue weighted by Gasteiger charge is 2.25. The molecular formula is C25H24FN3O2. The topological polar surface area (TPSA) is 71.1 Å². The van der Waals surface area contributed by atoms with Crippen LogP contribution in [-0.4, -0.2) is 22.8 Å². The minimum absolute atomic E-state index is 0.189. The molecule has 6 heteroatoms. The van der Waals surface area contributed by atoms with Crippen LogP contribution in [0.4, 0.5) is 10.1 Å². The zero-order chi connectivity index (χ0) is 22.0. The van der Waals surface area contributed by atoms with Gasteiger partial charge in [-0.3, -0.25) is 14.6 Å². The number of aromatic nitrogens is 1. The highest BCUT2D eigenvalue weighted by Crippen LogP contribution is 2.28. The van der Waals surface area contributed by atoms with Crippen molar-refractivity contribution >= 4 is 17.5 Å². The number of rotatable bonds is 6. The first-order chi connectivity index (χ1) is 14.9. The van der Waals surface area contributed by atoms with Gasteiger partial charge in [-0.05, 0) is 68.1 Å². The Morgan fingerprint density at radius 1 is 1.03 bits per heavy atom. The molecule has 0 atom stereocenters. The van der Waals surface area contributed by atoms with Crippen LogP contribution in [0.5, 0.6) is 0 Å². The van der Waals surface area contributed by atoms with Crippen LogP contribution >= 0.6 is 0 Å². The average Bonchev–Trinajstić information content (AvgIpc) is 3.59. The van der Waals surface area contributed by atoms with Gasteiger partial charge in [0.15, 0.2) is 0 Å². The number of nitrogens with one attached hydrogen (secondary N) is 2. The Balaban J connectivity index is 1.58. The largest absolute Gasteiger partial charge is 0.349 e. The maximum atomic E-state index is 14.7. The Bertz CT molecular complexity index is 1120. The highest BCUT2D eigenvalue weighted by molar-refractivity contribution is 6.04. The molecule has 2 amide bonds. The first-order valence-corrected chi connectivity index (χ1v) is 10.4. The van der Waals surface area contributed by atoms with Crippen molar-refractivity contribution in [1.29, 1.82) is 0 Å². The summed E-state index contributed by atoms with van der Waals surface area (Å²) in [4.78, 5) is 29.3. The van der Waals surface area contributed by atoms with Gasteiger partial charge in [-0.1, -0.05) is 24.6 Å². The lowest BCUT2D eigenvalue weighted by Crippen LogP contribution is -2.25. The lowest BCUT2D eigenvalue weighted by atomic mass is 9.97. The number of benzene rings is 2. The van der Waals surface area contributed by atoms with Crippen LogP contribution in [0, 0.1) is 12.7 Å². The Morgan fingerprint density at radius 3 is 2.39 bits per heavy atom. The third kappa shape index (κ3) is 4.79. The molecular weight excluding hydrogens is 393 g/mol. The Morgan fingerprint density at radius 2 is 1.77 bits per heavy atom. The number of anilines is 1. The van der Waals surface area contributed by atoms with Gasteiger partial charge in [0, 0.05) is 29.1 Å². The molecule has 0 spiro atoms. The molecule has 3 aromatic rings. The molecule has 0 unspecified atom stereocenters. The van der Waals surface area contributed by atoms with Crippen molar-refractivity contribution in [2.24, 2.45) is 0 Å². The number of carbonyl (C=O) groups is 2. The molecule has 0 aliphatic heterocycles. The molecule has 4 rings (SSSR count).